The lowest BCUT2D eigenvalue weighted by molar-refractivity contribution is -0.137. The maximum atomic E-state index is 13.2. The third-order valence-corrected chi connectivity index (χ3v) is 3.16. The monoisotopic (exact) mass is 293 g/mol. The molecule has 112 valence electrons. The third kappa shape index (κ3) is 2.89. The maximum absolute atomic E-state index is 13.2. The zero-order valence-corrected chi connectivity index (χ0v) is 12.3. The largest absolute Gasteiger partial charge is 0.449 e. The number of aryl methyl sites for hydroxylation is 1. The van der Waals surface area contributed by atoms with Crippen molar-refractivity contribution in [2.24, 2.45) is 0 Å². The van der Waals surface area contributed by atoms with Crippen molar-refractivity contribution in [2.75, 3.05) is 14.1 Å². The fourth-order valence-corrected chi connectivity index (χ4v) is 2.02. The molecule has 0 spiro atoms. The quantitative estimate of drug-likeness (QED) is 0.816. The summed E-state index contributed by atoms with van der Waals surface area (Å²) in [5.41, 5.74) is 0.881. The van der Waals surface area contributed by atoms with Crippen molar-refractivity contribution in [2.45, 2.75) is 20.0 Å². The van der Waals surface area contributed by atoms with Crippen LogP contribution in [0.15, 0.2) is 22.6 Å². The number of rotatable bonds is 3. The molecule has 5 nitrogen and oxygen atoms in total. The fraction of sp³-hybridized carbons (Fsp3) is 0.333. The van der Waals surface area contributed by atoms with Crippen LogP contribution in [-0.4, -0.2) is 37.0 Å². The molecule has 0 aliphatic heterocycles. The van der Waals surface area contributed by atoms with Gasteiger partial charge in [0.15, 0.2) is 6.10 Å². The van der Waals surface area contributed by atoms with Gasteiger partial charge in [-0.05, 0) is 32.0 Å². The Labute approximate surface area is 121 Å². The molecule has 0 fully saturated rings. The molecule has 2 rings (SSSR count). The van der Waals surface area contributed by atoms with Crippen LogP contribution in [0.25, 0.3) is 11.0 Å². The summed E-state index contributed by atoms with van der Waals surface area (Å²) in [6.07, 6.45) is -0.920. The average Bonchev–Trinajstić information content (AvgIpc) is 2.75. The van der Waals surface area contributed by atoms with Crippen LogP contribution < -0.4 is 0 Å². The van der Waals surface area contributed by atoms with Crippen LogP contribution in [0, 0.1) is 12.7 Å². The summed E-state index contributed by atoms with van der Waals surface area (Å²) in [5.74, 6) is -1.51. The van der Waals surface area contributed by atoms with Crippen LogP contribution in [0.3, 0.4) is 0 Å². The van der Waals surface area contributed by atoms with Gasteiger partial charge in [-0.15, -0.1) is 0 Å². The summed E-state index contributed by atoms with van der Waals surface area (Å²) in [6, 6.07) is 3.99. The number of likely N-dealkylation sites (N-methyl/N-ethyl adjacent to an activating group) is 1. The fourth-order valence-electron chi connectivity index (χ4n) is 2.02. The van der Waals surface area contributed by atoms with Crippen LogP contribution in [0.4, 0.5) is 4.39 Å². The van der Waals surface area contributed by atoms with Gasteiger partial charge in [0.05, 0.1) is 0 Å². The van der Waals surface area contributed by atoms with Crippen molar-refractivity contribution in [1.82, 2.24) is 4.90 Å². The minimum absolute atomic E-state index is 0.0194. The highest BCUT2D eigenvalue weighted by Gasteiger charge is 2.25. The van der Waals surface area contributed by atoms with E-state index in [9.17, 15) is 14.0 Å². The molecule has 1 aromatic heterocycles. The van der Waals surface area contributed by atoms with E-state index in [4.69, 9.17) is 9.15 Å². The summed E-state index contributed by atoms with van der Waals surface area (Å²) >= 11 is 0. The van der Waals surface area contributed by atoms with Crippen LogP contribution in [0.5, 0.6) is 0 Å². The van der Waals surface area contributed by atoms with E-state index >= 15 is 0 Å². The van der Waals surface area contributed by atoms with Crippen LogP contribution in [0.2, 0.25) is 0 Å². The summed E-state index contributed by atoms with van der Waals surface area (Å²) in [5, 5.41) is 0.508. The van der Waals surface area contributed by atoms with Crippen molar-refractivity contribution >= 4 is 22.8 Å². The lowest BCUT2D eigenvalue weighted by atomic mass is 10.1. The molecule has 2 aromatic rings. The van der Waals surface area contributed by atoms with Gasteiger partial charge in [-0.1, -0.05) is 0 Å². The number of nitrogens with zero attached hydrogens (tertiary/aromatic N) is 1. The summed E-state index contributed by atoms with van der Waals surface area (Å²) in [6.45, 7) is 3.12. The average molecular weight is 293 g/mol. The molecule has 1 aromatic carbocycles. The van der Waals surface area contributed by atoms with Crippen molar-refractivity contribution < 1.29 is 23.1 Å². The Balaban J connectivity index is 2.28. The van der Waals surface area contributed by atoms with E-state index in [0.29, 0.717) is 16.5 Å². The van der Waals surface area contributed by atoms with Gasteiger partial charge in [-0.3, -0.25) is 4.79 Å². The number of hydrogen-bond donors (Lipinski definition) is 0. The highest BCUT2D eigenvalue weighted by molar-refractivity contribution is 5.97. The van der Waals surface area contributed by atoms with Gasteiger partial charge in [0.25, 0.3) is 5.91 Å². The third-order valence-electron chi connectivity index (χ3n) is 3.16. The molecule has 1 atom stereocenters. The highest BCUT2D eigenvalue weighted by Crippen LogP contribution is 2.26. The SMILES string of the molecule is Cc1c(C(=O)O[C@H](C)C(=O)N(C)C)oc2ccc(F)cc12. The first kappa shape index (κ1) is 15.0. The molecular formula is C15H16FNO4. The first-order valence-corrected chi connectivity index (χ1v) is 6.42. The van der Waals surface area contributed by atoms with E-state index in [1.54, 1.807) is 21.0 Å². The smallest absolute Gasteiger partial charge is 0.375 e. The molecular weight excluding hydrogens is 277 g/mol. The molecule has 1 heterocycles. The number of hydrogen-bond acceptors (Lipinski definition) is 4. The number of carbonyl (C=O) groups excluding carboxylic acids is 2. The lowest BCUT2D eigenvalue weighted by Crippen LogP contribution is -2.34. The maximum Gasteiger partial charge on any atom is 0.375 e. The van der Waals surface area contributed by atoms with Crippen molar-refractivity contribution in [3.05, 3.63) is 35.3 Å². The van der Waals surface area contributed by atoms with Gasteiger partial charge in [-0.2, -0.15) is 0 Å². The van der Waals surface area contributed by atoms with Crippen molar-refractivity contribution in [3.63, 3.8) is 0 Å². The van der Waals surface area contributed by atoms with E-state index in [1.165, 1.54) is 30.0 Å². The topological polar surface area (TPSA) is 59.8 Å². The first-order valence-electron chi connectivity index (χ1n) is 6.42. The van der Waals surface area contributed by atoms with Gasteiger partial charge < -0.3 is 14.1 Å². The Kier molecular flexibility index (Phi) is 3.97. The Morgan fingerprint density at radius 2 is 2.00 bits per heavy atom. The number of esters is 1. The van der Waals surface area contributed by atoms with Crippen LogP contribution in [0.1, 0.15) is 23.0 Å². The predicted molar refractivity (Wildman–Crippen MR) is 74.5 cm³/mol. The normalized spacial score (nSPS) is 12.2. The van der Waals surface area contributed by atoms with Gasteiger partial charge in [0.1, 0.15) is 11.4 Å². The Morgan fingerprint density at radius 3 is 2.62 bits per heavy atom. The molecule has 0 aliphatic carbocycles. The second-order valence-electron chi connectivity index (χ2n) is 4.98. The molecule has 0 radical (unpaired) electrons. The number of fused-ring (bicyclic) bond motifs is 1. The molecule has 0 N–H and O–H groups in total. The van der Waals surface area contributed by atoms with E-state index in [1.807, 2.05) is 0 Å². The Bertz CT molecular complexity index is 705. The van der Waals surface area contributed by atoms with Crippen molar-refractivity contribution in [3.8, 4) is 0 Å². The summed E-state index contributed by atoms with van der Waals surface area (Å²) < 4.78 is 23.7. The second kappa shape index (κ2) is 5.55. The molecule has 21 heavy (non-hydrogen) atoms. The Hall–Kier alpha value is -2.37. The predicted octanol–water partition coefficient (Wildman–Crippen LogP) is 2.51. The number of amides is 1. The summed E-state index contributed by atoms with van der Waals surface area (Å²) in [4.78, 5) is 25.1. The number of carbonyl (C=O) groups is 2. The molecule has 0 aliphatic rings. The van der Waals surface area contributed by atoms with E-state index in [0.717, 1.165) is 0 Å². The summed E-state index contributed by atoms with van der Waals surface area (Å²) in [7, 11) is 3.14. The zero-order chi connectivity index (χ0) is 15.7. The van der Waals surface area contributed by atoms with Gasteiger partial charge >= 0.3 is 5.97 Å². The molecule has 6 heteroatoms. The first-order chi connectivity index (χ1) is 9.81. The molecule has 0 saturated heterocycles. The second-order valence-corrected chi connectivity index (χ2v) is 4.98. The van der Waals surface area contributed by atoms with Crippen LogP contribution >= 0.6 is 0 Å². The van der Waals surface area contributed by atoms with Gasteiger partial charge in [0.2, 0.25) is 5.76 Å². The number of ether oxygens (including phenoxy) is 1. The van der Waals surface area contributed by atoms with Crippen LogP contribution in [-0.2, 0) is 9.53 Å². The number of benzene rings is 1. The van der Waals surface area contributed by atoms with E-state index in [2.05, 4.69) is 0 Å². The lowest BCUT2D eigenvalue weighted by Gasteiger charge is -2.16. The standard InChI is InChI=1S/C15H16FNO4/c1-8-11-7-10(16)5-6-12(11)21-13(8)15(19)20-9(2)14(18)17(3)4/h5-7,9H,1-4H3/t9-/m1/s1. The Morgan fingerprint density at radius 1 is 1.33 bits per heavy atom. The number of halogens is 1. The molecule has 1 amide bonds. The van der Waals surface area contributed by atoms with E-state index in [-0.39, 0.29) is 11.7 Å². The highest BCUT2D eigenvalue weighted by atomic mass is 19.1. The minimum atomic E-state index is -0.920. The van der Waals surface area contributed by atoms with E-state index < -0.39 is 17.9 Å². The molecule has 0 unspecified atom stereocenters. The van der Waals surface area contributed by atoms with Gasteiger partial charge in [0, 0.05) is 25.0 Å². The minimum Gasteiger partial charge on any atom is -0.449 e. The molecule has 0 bridgehead atoms. The number of furan rings is 1. The molecule has 0 saturated carbocycles. The van der Waals surface area contributed by atoms with Crippen molar-refractivity contribution in [1.29, 1.82) is 0 Å². The van der Waals surface area contributed by atoms with Gasteiger partial charge in [-0.25, -0.2) is 9.18 Å². The zero-order valence-electron chi connectivity index (χ0n) is 12.3.